The highest BCUT2D eigenvalue weighted by Gasteiger charge is 2.23. The molecule has 0 unspecified atom stereocenters. The van der Waals surface area contributed by atoms with Crippen LogP contribution in [0, 0.1) is 11.2 Å². The van der Waals surface area contributed by atoms with Crippen LogP contribution in [0.3, 0.4) is 0 Å². The molecule has 0 atom stereocenters. The Morgan fingerprint density at radius 1 is 0.889 bits per heavy atom. The van der Waals surface area contributed by atoms with Crippen LogP contribution in [0.2, 0.25) is 0 Å². The van der Waals surface area contributed by atoms with Gasteiger partial charge in [0.15, 0.2) is 0 Å². The van der Waals surface area contributed by atoms with Gasteiger partial charge in [0, 0.05) is 18.0 Å². The monoisotopic (exact) mass is 371 g/mol. The number of hydrogen-bond donors (Lipinski definition) is 3. The van der Waals surface area contributed by atoms with Crippen LogP contribution in [-0.2, 0) is 9.59 Å². The summed E-state index contributed by atoms with van der Waals surface area (Å²) in [5.41, 5.74) is 0.296. The summed E-state index contributed by atoms with van der Waals surface area (Å²) in [6, 6.07) is 10.4. The average molecular weight is 371 g/mol. The van der Waals surface area contributed by atoms with Crippen LogP contribution in [0.5, 0.6) is 0 Å². The first-order valence-corrected chi connectivity index (χ1v) is 8.37. The molecule has 6 nitrogen and oxygen atoms in total. The van der Waals surface area contributed by atoms with E-state index < -0.39 is 23.0 Å². The lowest BCUT2D eigenvalue weighted by molar-refractivity contribution is -0.123. The highest BCUT2D eigenvalue weighted by molar-refractivity contribution is 6.10. The Labute approximate surface area is 157 Å². The largest absolute Gasteiger partial charge is 0.325 e. The normalized spacial score (nSPS) is 10.9. The van der Waals surface area contributed by atoms with Gasteiger partial charge in [-0.2, -0.15) is 0 Å². The summed E-state index contributed by atoms with van der Waals surface area (Å²) < 4.78 is 13.7. The Bertz CT molecular complexity index is 888. The molecule has 2 aromatic rings. The third kappa shape index (κ3) is 5.37. The van der Waals surface area contributed by atoms with E-state index in [2.05, 4.69) is 16.0 Å². The van der Waals surface area contributed by atoms with Gasteiger partial charge in [-0.25, -0.2) is 4.39 Å². The van der Waals surface area contributed by atoms with Gasteiger partial charge in [0.1, 0.15) is 5.82 Å². The lowest BCUT2D eigenvalue weighted by Crippen LogP contribution is -2.28. The van der Waals surface area contributed by atoms with Crippen molar-refractivity contribution in [3.63, 3.8) is 0 Å². The van der Waals surface area contributed by atoms with Crippen LogP contribution in [0.25, 0.3) is 0 Å². The molecule has 0 saturated carbocycles. The summed E-state index contributed by atoms with van der Waals surface area (Å²) in [4.78, 5) is 36.0. The van der Waals surface area contributed by atoms with Crippen molar-refractivity contribution in [2.75, 3.05) is 16.0 Å². The summed E-state index contributed by atoms with van der Waals surface area (Å²) >= 11 is 0. The average Bonchev–Trinajstić information content (AvgIpc) is 2.57. The fourth-order valence-electron chi connectivity index (χ4n) is 2.19. The Morgan fingerprint density at radius 3 is 2.19 bits per heavy atom. The van der Waals surface area contributed by atoms with Crippen LogP contribution in [0.4, 0.5) is 21.5 Å². The standard InChI is InChI=1S/C20H22FN3O3/c1-12(25)22-17-11-13(9-10-15(17)21)23-18(26)14-7-5-6-8-16(14)24-19(27)20(2,3)4/h5-11H,1-4H3,(H,22,25)(H,23,26)(H,24,27). The van der Waals surface area contributed by atoms with E-state index in [1.807, 2.05) is 0 Å². The molecule has 7 heteroatoms. The van der Waals surface area contributed by atoms with Crippen molar-refractivity contribution in [3.05, 3.63) is 53.8 Å². The molecule has 0 aliphatic rings. The van der Waals surface area contributed by atoms with Gasteiger partial charge in [-0.3, -0.25) is 14.4 Å². The molecule has 0 heterocycles. The molecule has 0 aliphatic heterocycles. The highest BCUT2D eigenvalue weighted by atomic mass is 19.1. The molecule has 3 N–H and O–H groups in total. The second kappa shape index (κ2) is 7.99. The van der Waals surface area contributed by atoms with E-state index in [0.29, 0.717) is 11.4 Å². The third-order valence-electron chi connectivity index (χ3n) is 3.64. The van der Waals surface area contributed by atoms with Crippen LogP contribution in [-0.4, -0.2) is 17.7 Å². The van der Waals surface area contributed by atoms with Gasteiger partial charge in [0.05, 0.1) is 16.9 Å². The van der Waals surface area contributed by atoms with Gasteiger partial charge in [-0.05, 0) is 30.3 Å². The van der Waals surface area contributed by atoms with Crippen LogP contribution >= 0.6 is 0 Å². The molecule has 0 radical (unpaired) electrons. The molecular weight excluding hydrogens is 349 g/mol. The van der Waals surface area contributed by atoms with E-state index >= 15 is 0 Å². The lowest BCUT2D eigenvalue weighted by Gasteiger charge is -2.19. The zero-order chi connectivity index (χ0) is 20.2. The number of benzene rings is 2. The highest BCUT2D eigenvalue weighted by Crippen LogP contribution is 2.23. The van der Waals surface area contributed by atoms with Crippen molar-refractivity contribution in [1.82, 2.24) is 0 Å². The number of carbonyl (C=O) groups is 3. The van der Waals surface area contributed by atoms with Crippen molar-refractivity contribution in [3.8, 4) is 0 Å². The van der Waals surface area contributed by atoms with Gasteiger partial charge in [-0.15, -0.1) is 0 Å². The summed E-state index contributed by atoms with van der Waals surface area (Å²) in [6.45, 7) is 6.58. The first kappa shape index (κ1) is 20.1. The molecule has 2 aromatic carbocycles. The van der Waals surface area contributed by atoms with Crippen molar-refractivity contribution >= 4 is 34.8 Å². The Balaban J connectivity index is 2.24. The number of hydrogen-bond acceptors (Lipinski definition) is 3. The van der Waals surface area contributed by atoms with Crippen molar-refractivity contribution in [2.24, 2.45) is 5.41 Å². The van der Waals surface area contributed by atoms with E-state index in [9.17, 15) is 18.8 Å². The second-order valence-corrected chi connectivity index (χ2v) is 7.08. The van der Waals surface area contributed by atoms with Gasteiger partial charge >= 0.3 is 0 Å². The zero-order valence-corrected chi connectivity index (χ0v) is 15.6. The van der Waals surface area contributed by atoms with Crippen molar-refractivity contribution in [2.45, 2.75) is 27.7 Å². The molecular formula is C20H22FN3O3. The molecule has 0 aromatic heterocycles. The number of carbonyl (C=O) groups excluding carboxylic acids is 3. The van der Waals surface area contributed by atoms with Gasteiger partial charge in [0.25, 0.3) is 5.91 Å². The molecule has 27 heavy (non-hydrogen) atoms. The molecule has 0 spiro atoms. The van der Waals surface area contributed by atoms with Gasteiger partial charge in [-0.1, -0.05) is 32.9 Å². The van der Waals surface area contributed by atoms with E-state index in [0.717, 1.165) is 6.07 Å². The number of para-hydroxylation sites is 1. The molecule has 142 valence electrons. The molecule has 0 bridgehead atoms. The fourth-order valence-corrected chi connectivity index (χ4v) is 2.19. The maximum Gasteiger partial charge on any atom is 0.257 e. The molecule has 0 fully saturated rings. The van der Waals surface area contributed by atoms with Crippen molar-refractivity contribution in [1.29, 1.82) is 0 Å². The first-order chi connectivity index (χ1) is 12.6. The maximum absolute atomic E-state index is 13.7. The number of halogens is 1. The molecule has 3 amide bonds. The summed E-state index contributed by atoms with van der Waals surface area (Å²) in [5, 5.41) is 7.75. The lowest BCUT2D eigenvalue weighted by atomic mass is 9.95. The van der Waals surface area contributed by atoms with Crippen LogP contribution in [0.15, 0.2) is 42.5 Å². The van der Waals surface area contributed by atoms with Gasteiger partial charge < -0.3 is 16.0 Å². The fraction of sp³-hybridized carbons (Fsp3) is 0.250. The SMILES string of the molecule is CC(=O)Nc1cc(NC(=O)c2ccccc2NC(=O)C(C)(C)C)ccc1F. The number of rotatable bonds is 4. The molecule has 0 aliphatic carbocycles. The minimum Gasteiger partial charge on any atom is -0.325 e. The molecule has 2 rings (SSSR count). The first-order valence-electron chi connectivity index (χ1n) is 8.37. The van der Waals surface area contributed by atoms with Crippen molar-refractivity contribution < 1.29 is 18.8 Å². The molecule has 0 saturated heterocycles. The third-order valence-corrected chi connectivity index (χ3v) is 3.64. The topological polar surface area (TPSA) is 87.3 Å². The minimum absolute atomic E-state index is 0.0328. The maximum atomic E-state index is 13.7. The van der Waals surface area contributed by atoms with E-state index in [4.69, 9.17) is 0 Å². The van der Waals surface area contributed by atoms with E-state index in [-0.39, 0.29) is 17.2 Å². The predicted octanol–water partition coefficient (Wildman–Crippen LogP) is 4.02. The predicted molar refractivity (Wildman–Crippen MR) is 103 cm³/mol. The number of nitrogens with one attached hydrogen (secondary N) is 3. The van der Waals surface area contributed by atoms with E-state index in [1.165, 1.54) is 19.1 Å². The Hall–Kier alpha value is -3.22. The second-order valence-electron chi connectivity index (χ2n) is 7.08. The minimum atomic E-state index is -0.617. The van der Waals surface area contributed by atoms with Gasteiger partial charge in [0.2, 0.25) is 11.8 Å². The zero-order valence-electron chi connectivity index (χ0n) is 15.6. The summed E-state index contributed by atoms with van der Waals surface area (Å²) in [5.74, 6) is -1.73. The Morgan fingerprint density at radius 2 is 1.56 bits per heavy atom. The quantitative estimate of drug-likeness (QED) is 0.758. The summed E-state index contributed by atoms with van der Waals surface area (Å²) in [6.07, 6.45) is 0. The Kier molecular flexibility index (Phi) is 5.95. The van der Waals surface area contributed by atoms with E-state index in [1.54, 1.807) is 45.0 Å². The summed E-state index contributed by atoms with van der Waals surface area (Å²) in [7, 11) is 0. The number of amides is 3. The smallest absolute Gasteiger partial charge is 0.257 e. The number of anilines is 3. The van der Waals surface area contributed by atoms with Crippen LogP contribution < -0.4 is 16.0 Å². The van der Waals surface area contributed by atoms with Crippen LogP contribution in [0.1, 0.15) is 38.1 Å².